The van der Waals surface area contributed by atoms with Crippen LogP contribution < -0.4 is 10.0 Å². The highest BCUT2D eigenvalue weighted by atomic mass is 32.2. The Labute approximate surface area is 157 Å². The highest BCUT2D eigenvalue weighted by Gasteiger charge is 2.16. The van der Waals surface area contributed by atoms with Crippen molar-refractivity contribution >= 4 is 32.9 Å². The maximum atomic E-state index is 12.5. The van der Waals surface area contributed by atoms with Crippen LogP contribution >= 0.6 is 0 Å². The van der Waals surface area contributed by atoms with Crippen molar-refractivity contribution in [2.75, 3.05) is 11.9 Å². The number of imidazole rings is 1. The zero-order chi connectivity index (χ0) is 19.4. The fourth-order valence-corrected chi connectivity index (χ4v) is 3.60. The molecule has 0 bridgehead atoms. The van der Waals surface area contributed by atoms with Gasteiger partial charge in [0.25, 0.3) is 5.91 Å². The fourth-order valence-electron chi connectivity index (χ4n) is 2.67. The summed E-state index contributed by atoms with van der Waals surface area (Å²) in [6, 6.07) is 13.2. The Morgan fingerprint density at radius 1 is 1.19 bits per heavy atom. The number of terminal acetylenes is 1. The zero-order valence-electron chi connectivity index (χ0n) is 14.6. The number of carbonyl (C=O) groups is 1. The maximum Gasteiger partial charge on any atom is 0.257 e. The van der Waals surface area contributed by atoms with Crippen molar-refractivity contribution in [2.24, 2.45) is 0 Å². The molecule has 2 aromatic carbocycles. The normalized spacial score (nSPS) is 11.3. The molecule has 0 unspecified atom stereocenters. The third-order valence-corrected chi connectivity index (χ3v) is 5.40. The van der Waals surface area contributed by atoms with Crippen LogP contribution in [0.2, 0.25) is 0 Å². The minimum Gasteiger partial charge on any atom is -0.310 e. The number of nitrogens with one attached hydrogen (secondary N) is 2. The lowest BCUT2D eigenvalue weighted by molar-refractivity contribution is 0.102. The third kappa shape index (κ3) is 3.84. The van der Waals surface area contributed by atoms with E-state index in [-0.39, 0.29) is 17.3 Å². The van der Waals surface area contributed by atoms with E-state index in [1.807, 2.05) is 35.8 Å². The van der Waals surface area contributed by atoms with E-state index in [2.05, 4.69) is 20.9 Å². The third-order valence-electron chi connectivity index (χ3n) is 3.99. The lowest BCUT2D eigenvalue weighted by atomic mass is 10.2. The molecule has 0 spiro atoms. The number of amides is 1. The quantitative estimate of drug-likeness (QED) is 0.640. The smallest absolute Gasteiger partial charge is 0.257 e. The average molecular weight is 382 g/mol. The first-order valence-corrected chi connectivity index (χ1v) is 9.74. The molecule has 0 saturated carbocycles. The summed E-state index contributed by atoms with van der Waals surface area (Å²) in [5, 5.41) is 2.78. The first-order valence-electron chi connectivity index (χ1n) is 8.26. The number of nitrogens with zero attached hydrogens (tertiary/aromatic N) is 2. The number of rotatable bonds is 6. The number of hydrogen-bond acceptors (Lipinski definition) is 4. The Morgan fingerprint density at radius 2 is 1.89 bits per heavy atom. The molecule has 27 heavy (non-hydrogen) atoms. The van der Waals surface area contributed by atoms with Crippen molar-refractivity contribution in [1.29, 1.82) is 0 Å². The first kappa shape index (κ1) is 18.6. The van der Waals surface area contributed by atoms with E-state index in [1.165, 1.54) is 24.3 Å². The Morgan fingerprint density at radius 3 is 2.56 bits per heavy atom. The molecule has 0 atom stereocenters. The Hall–Kier alpha value is -3.15. The molecule has 1 aromatic heterocycles. The van der Waals surface area contributed by atoms with Gasteiger partial charge in [0.2, 0.25) is 16.0 Å². The number of para-hydroxylation sites is 2. The summed E-state index contributed by atoms with van der Waals surface area (Å²) in [5.74, 6) is 2.27. The summed E-state index contributed by atoms with van der Waals surface area (Å²) in [7, 11) is -3.69. The van der Waals surface area contributed by atoms with Crippen LogP contribution in [0.4, 0.5) is 5.95 Å². The minimum absolute atomic E-state index is 0.0371. The van der Waals surface area contributed by atoms with Crippen LogP contribution in [0.1, 0.15) is 17.3 Å². The number of anilines is 1. The van der Waals surface area contributed by atoms with Crippen LogP contribution in [0.15, 0.2) is 53.4 Å². The van der Waals surface area contributed by atoms with E-state index in [0.717, 1.165) is 11.0 Å². The molecule has 1 amide bonds. The van der Waals surface area contributed by atoms with Crippen LogP contribution in [0.25, 0.3) is 11.0 Å². The molecular weight excluding hydrogens is 364 g/mol. The van der Waals surface area contributed by atoms with Crippen molar-refractivity contribution in [3.05, 3.63) is 54.1 Å². The van der Waals surface area contributed by atoms with Crippen molar-refractivity contribution in [3.8, 4) is 12.3 Å². The van der Waals surface area contributed by atoms with Gasteiger partial charge in [-0.15, -0.1) is 6.42 Å². The molecule has 3 rings (SSSR count). The van der Waals surface area contributed by atoms with E-state index in [0.29, 0.717) is 18.1 Å². The van der Waals surface area contributed by atoms with Gasteiger partial charge in [-0.05, 0) is 43.3 Å². The van der Waals surface area contributed by atoms with Gasteiger partial charge in [0.1, 0.15) is 0 Å². The number of fused-ring (bicyclic) bond motifs is 1. The van der Waals surface area contributed by atoms with Crippen molar-refractivity contribution < 1.29 is 13.2 Å². The van der Waals surface area contributed by atoms with Crippen LogP contribution in [0.3, 0.4) is 0 Å². The lowest BCUT2D eigenvalue weighted by Crippen LogP contribution is -2.24. The second kappa shape index (κ2) is 7.61. The lowest BCUT2D eigenvalue weighted by Gasteiger charge is -2.08. The highest BCUT2D eigenvalue weighted by Crippen LogP contribution is 2.20. The van der Waals surface area contributed by atoms with Gasteiger partial charge in [-0.25, -0.2) is 13.4 Å². The van der Waals surface area contributed by atoms with E-state index in [1.54, 1.807) is 0 Å². The number of aryl methyl sites for hydroxylation is 1. The van der Waals surface area contributed by atoms with Crippen molar-refractivity contribution in [2.45, 2.75) is 18.4 Å². The molecule has 0 aliphatic heterocycles. The van der Waals surface area contributed by atoms with Gasteiger partial charge in [-0.3, -0.25) is 10.1 Å². The van der Waals surface area contributed by atoms with E-state index in [9.17, 15) is 13.2 Å². The number of benzene rings is 2. The van der Waals surface area contributed by atoms with Gasteiger partial charge in [-0.2, -0.15) is 4.72 Å². The van der Waals surface area contributed by atoms with Gasteiger partial charge < -0.3 is 4.57 Å². The van der Waals surface area contributed by atoms with Gasteiger partial charge in [0, 0.05) is 12.1 Å². The molecule has 0 saturated heterocycles. The van der Waals surface area contributed by atoms with Gasteiger partial charge >= 0.3 is 0 Å². The fraction of sp³-hybridized carbons (Fsp3) is 0.158. The molecule has 0 aliphatic rings. The zero-order valence-corrected chi connectivity index (χ0v) is 15.5. The summed E-state index contributed by atoms with van der Waals surface area (Å²) in [6.45, 7) is 2.51. The molecule has 0 aliphatic carbocycles. The standard InChI is InChI=1S/C19H18N4O3S/c1-3-13-20-27(25,26)15-11-9-14(10-12-15)18(24)22-19-21-16-7-5-6-8-17(16)23(19)4-2/h1,5-12,20H,4,13H2,2H3,(H,21,22,24). The van der Waals surface area contributed by atoms with Crippen molar-refractivity contribution in [3.63, 3.8) is 0 Å². The monoisotopic (exact) mass is 382 g/mol. The summed E-state index contributed by atoms with van der Waals surface area (Å²) in [4.78, 5) is 17.0. The van der Waals surface area contributed by atoms with Crippen LogP contribution in [-0.4, -0.2) is 30.4 Å². The van der Waals surface area contributed by atoms with Crippen molar-refractivity contribution in [1.82, 2.24) is 14.3 Å². The second-order valence-electron chi connectivity index (χ2n) is 5.68. The van der Waals surface area contributed by atoms with E-state index in [4.69, 9.17) is 6.42 Å². The molecular formula is C19H18N4O3S. The van der Waals surface area contributed by atoms with Crippen LogP contribution in [0, 0.1) is 12.3 Å². The second-order valence-corrected chi connectivity index (χ2v) is 7.44. The van der Waals surface area contributed by atoms with Gasteiger partial charge in [0.05, 0.1) is 22.5 Å². The highest BCUT2D eigenvalue weighted by molar-refractivity contribution is 7.89. The topological polar surface area (TPSA) is 93.1 Å². The minimum atomic E-state index is -3.69. The molecule has 8 heteroatoms. The predicted molar refractivity (Wildman–Crippen MR) is 104 cm³/mol. The van der Waals surface area contributed by atoms with E-state index < -0.39 is 10.0 Å². The largest absolute Gasteiger partial charge is 0.310 e. The van der Waals surface area contributed by atoms with Crippen LogP contribution in [0.5, 0.6) is 0 Å². The molecule has 7 nitrogen and oxygen atoms in total. The van der Waals surface area contributed by atoms with Gasteiger partial charge in [-0.1, -0.05) is 18.1 Å². The summed E-state index contributed by atoms with van der Waals surface area (Å²) < 4.78 is 28.2. The van der Waals surface area contributed by atoms with Gasteiger partial charge in [0.15, 0.2) is 0 Å². The summed E-state index contributed by atoms with van der Waals surface area (Å²) in [5.41, 5.74) is 2.03. The Bertz CT molecular complexity index is 1130. The number of hydrogen-bond donors (Lipinski definition) is 2. The number of carbonyl (C=O) groups excluding carboxylic acids is 1. The first-order chi connectivity index (χ1) is 13.0. The summed E-state index contributed by atoms with van der Waals surface area (Å²) in [6.07, 6.45) is 5.06. The molecule has 3 aromatic rings. The Kier molecular flexibility index (Phi) is 5.26. The van der Waals surface area contributed by atoms with Crippen LogP contribution in [-0.2, 0) is 16.6 Å². The molecule has 1 heterocycles. The average Bonchev–Trinajstić information content (AvgIpc) is 3.03. The molecule has 0 radical (unpaired) electrons. The SMILES string of the molecule is C#CCNS(=O)(=O)c1ccc(C(=O)Nc2nc3ccccc3n2CC)cc1. The maximum absolute atomic E-state index is 12.5. The number of sulfonamides is 1. The number of aromatic nitrogens is 2. The summed E-state index contributed by atoms with van der Waals surface area (Å²) >= 11 is 0. The molecule has 138 valence electrons. The predicted octanol–water partition coefficient (Wildman–Crippen LogP) is 2.22. The molecule has 2 N–H and O–H groups in total. The Balaban J connectivity index is 1.82. The van der Waals surface area contributed by atoms with E-state index >= 15 is 0 Å². The molecule has 0 fully saturated rings.